The van der Waals surface area contributed by atoms with E-state index in [0.717, 1.165) is 5.57 Å². The fourth-order valence-electron chi connectivity index (χ4n) is 3.44. The van der Waals surface area contributed by atoms with Crippen LogP contribution in [0.5, 0.6) is 0 Å². The molecule has 0 fully saturated rings. The van der Waals surface area contributed by atoms with Crippen molar-refractivity contribution in [3.63, 3.8) is 0 Å². The number of hydrogen-bond acceptors (Lipinski definition) is 1. The average Bonchev–Trinajstić information content (AvgIpc) is 2.12. The average molecular weight is 264 g/mol. The van der Waals surface area contributed by atoms with Crippen molar-refractivity contribution < 1.29 is 5.11 Å². The summed E-state index contributed by atoms with van der Waals surface area (Å²) < 4.78 is 0. The van der Waals surface area contributed by atoms with Crippen molar-refractivity contribution in [2.24, 2.45) is 21.7 Å². The van der Waals surface area contributed by atoms with Crippen molar-refractivity contribution in [2.45, 2.75) is 68.4 Å². The summed E-state index contributed by atoms with van der Waals surface area (Å²) in [4.78, 5) is 0. The van der Waals surface area contributed by atoms with Crippen LogP contribution in [0.3, 0.4) is 0 Å². The van der Waals surface area contributed by atoms with Gasteiger partial charge in [-0.2, -0.15) is 0 Å². The van der Waals surface area contributed by atoms with E-state index in [2.05, 4.69) is 74.5 Å². The normalized spacial score (nSPS) is 24.3. The molecule has 1 heteroatoms. The lowest BCUT2D eigenvalue weighted by Gasteiger charge is -2.53. The first kappa shape index (κ1) is 16.5. The molecule has 1 rings (SSSR count). The monoisotopic (exact) mass is 264 g/mol. The zero-order valence-electron chi connectivity index (χ0n) is 14.3. The van der Waals surface area contributed by atoms with E-state index in [4.69, 9.17) is 0 Å². The second-order valence-electron chi connectivity index (χ2n) is 9.02. The summed E-state index contributed by atoms with van der Waals surface area (Å²) in [7, 11) is 0. The maximum atomic E-state index is 10.3. The molecule has 1 aliphatic carbocycles. The Morgan fingerprint density at radius 1 is 0.895 bits per heavy atom. The molecule has 0 spiro atoms. The molecule has 110 valence electrons. The maximum Gasteiger partial charge on any atom is 0.0937 e. The van der Waals surface area contributed by atoms with Crippen molar-refractivity contribution >= 4 is 0 Å². The van der Waals surface area contributed by atoms with Crippen molar-refractivity contribution in [3.05, 3.63) is 23.8 Å². The Hall–Kier alpha value is -0.560. The highest BCUT2D eigenvalue weighted by Crippen LogP contribution is 2.56. The summed E-state index contributed by atoms with van der Waals surface area (Å²) in [6, 6.07) is 0. The van der Waals surface area contributed by atoms with Gasteiger partial charge in [-0.15, -0.1) is 0 Å². The predicted octanol–water partition coefficient (Wildman–Crippen LogP) is 4.97. The Labute approximate surface area is 119 Å². The predicted molar refractivity (Wildman–Crippen MR) is 84.0 cm³/mol. The van der Waals surface area contributed by atoms with Gasteiger partial charge in [0.05, 0.1) is 6.10 Å². The van der Waals surface area contributed by atoms with Gasteiger partial charge in [0.2, 0.25) is 0 Å². The number of rotatable bonds is 0. The van der Waals surface area contributed by atoms with E-state index < -0.39 is 6.10 Å². The zero-order chi connectivity index (χ0) is 15.3. The van der Waals surface area contributed by atoms with Crippen LogP contribution in [0.25, 0.3) is 0 Å². The third-order valence-electron chi connectivity index (χ3n) is 4.59. The lowest BCUT2D eigenvalue weighted by Crippen LogP contribution is -2.46. The van der Waals surface area contributed by atoms with Gasteiger partial charge in [0.1, 0.15) is 0 Å². The summed E-state index contributed by atoms with van der Waals surface area (Å²) in [5.41, 5.74) is 1.31. The highest BCUT2D eigenvalue weighted by Gasteiger charge is 2.49. The lowest BCUT2D eigenvalue weighted by atomic mass is 9.51. The third-order valence-corrected chi connectivity index (χ3v) is 4.59. The minimum absolute atomic E-state index is 0.00801. The summed E-state index contributed by atoms with van der Waals surface area (Å²) in [6.07, 6.45) is 6.11. The molecule has 0 aromatic carbocycles. The second kappa shape index (κ2) is 4.48. The highest BCUT2D eigenvalue weighted by molar-refractivity contribution is 5.36. The van der Waals surface area contributed by atoms with Gasteiger partial charge >= 0.3 is 0 Å². The summed E-state index contributed by atoms with van der Waals surface area (Å²) in [5.74, 6) is 0. The quantitative estimate of drug-likeness (QED) is 0.613. The van der Waals surface area contributed by atoms with Crippen LogP contribution in [0.15, 0.2) is 23.8 Å². The largest absolute Gasteiger partial charge is 0.385 e. The Morgan fingerprint density at radius 2 is 1.32 bits per heavy atom. The van der Waals surface area contributed by atoms with E-state index in [1.165, 1.54) is 0 Å². The minimum atomic E-state index is -0.446. The molecule has 0 saturated heterocycles. The van der Waals surface area contributed by atoms with Gasteiger partial charge in [-0.1, -0.05) is 80.5 Å². The smallest absolute Gasteiger partial charge is 0.0937 e. The van der Waals surface area contributed by atoms with Crippen LogP contribution in [0, 0.1) is 21.7 Å². The molecule has 1 atom stereocenters. The Morgan fingerprint density at radius 3 is 1.63 bits per heavy atom. The standard InChI is InChI=1S/C18H32O/c1-15(2,3)13-12-18(16(4,5)6,17(7,8)9)11-10-14(13)19/h10-12,14,19H,1-9H3. The molecule has 0 radical (unpaired) electrons. The van der Waals surface area contributed by atoms with Gasteiger partial charge in [0, 0.05) is 5.41 Å². The topological polar surface area (TPSA) is 20.2 Å². The fourth-order valence-corrected chi connectivity index (χ4v) is 3.44. The van der Waals surface area contributed by atoms with E-state index in [1.54, 1.807) is 0 Å². The van der Waals surface area contributed by atoms with E-state index in [9.17, 15) is 5.11 Å². The Bertz CT molecular complexity index is 377. The highest BCUT2D eigenvalue weighted by atomic mass is 16.3. The first-order valence-electron chi connectivity index (χ1n) is 7.33. The van der Waals surface area contributed by atoms with Crippen LogP contribution < -0.4 is 0 Å². The number of aliphatic hydroxyl groups excluding tert-OH is 1. The molecule has 1 aliphatic rings. The van der Waals surface area contributed by atoms with Crippen LogP contribution in [0.2, 0.25) is 0 Å². The molecule has 0 aliphatic heterocycles. The van der Waals surface area contributed by atoms with E-state index in [0.29, 0.717) is 0 Å². The molecule has 0 saturated carbocycles. The number of allylic oxidation sites excluding steroid dienone is 2. The number of hydrogen-bond donors (Lipinski definition) is 1. The minimum Gasteiger partial charge on any atom is -0.385 e. The molecular weight excluding hydrogens is 232 g/mol. The summed E-state index contributed by atoms with van der Waals surface area (Å²) in [6.45, 7) is 20.3. The van der Waals surface area contributed by atoms with E-state index >= 15 is 0 Å². The fraction of sp³-hybridized carbons (Fsp3) is 0.778. The molecule has 0 amide bonds. The van der Waals surface area contributed by atoms with Gasteiger partial charge in [-0.25, -0.2) is 0 Å². The van der Waals surface area contributed by atoms with E-state index in [-0.39, 0.29) is 21.7 Å². The second-order valence-corrected chi connectivity index (χ2v) is 9.02. The van der Waals surface area contributed by atoms with Crippen molar-refractivity contribution in [2.75, 3.05) is 0 Å². The molecule has 0 bridgehead atoms. The van der Waals surface area contributed by atoms with Gasteiger partial charge in [0.25, 0.3) is 0 Å². The molecule has 0 heterocycles. The van der Waals surface area contributed by atoms with Crippen molar-refractivity contribution in [1.82, 2.24) is 0 Å². The van der Waals surface area contributed by atoms with Crippen molar-refractivity contribution in [3.8, 4) is 0 Å². The van der Waals surface area contributed by atoms with Gasteiger partial charge in [-0.05, 0) is 21.8 Å². The Balaban J connectivity index is 3.52. The molecule has 0 aromatic heterocycles. The van der Waals surface area contributed by atoms with Crippen LogP contribution in [0.4, 0.5) is 0 Å². The summed E-state index contributed by atoms with van der Waals surface area (Å²) in [5, 5.41) is 10.3. The van der Waals surface area contributed by atoms with Crippen LogP contribution in [0.1, 0.15) is 62.3 Å². The van der Waals surface area contributed by atoms with Gasteiger partial charge in [-0.3, -0.25) is 0 Å². The molecule has 1 unspecified atom stereocenters. The number of aliphatic hydroxyl groups is 1. The van der Waals surface area contributed by atoms with Gasteiger partial charge < -0.3 is 5.11 Å². The Kier molecular flexibility index (Phi) is 3.89. The molecule has 19 heavy (non-hydrogen) atoms. The zero-order valence-corrected chi connectivity index (χ0v) is 14.3. The molecule has 1 nitrogen and oxygen atoms in total. The van der Waals surface area contributed by atoms with Crippen molar-refractivity contribution in [1.29, 1.82) is 0 Å². The molecule has 1 N–H and O–H groups in total. The van der Waals surface area contributed by atoms with Gasteiger partial charge in [0.15, 0.2) is 0 Å². The lowest BCUT2D eigenvalue weighted by molar-refractivity contribution is 0.0576. The van der Waals surface area contributed by atoms with Crippen LogP contribution >= 0.6 is 0 Å². The summed E-state index contributed by atoms with van der Waals surface area (Å²) >= 11 is 0. The maximum absolute atomic E-state index is 10.3. The first-order valence-corrected chi connectivity index (χ1v) is 7.33. The molecular formula is C18H32O. The SMILES string of the molecule is CC(C)(C)C1=CC(C(C)(C)C)(C(C)(C)C)C=CC1O. The van der Waals surface area contributed by atoms with E-state index in [1.807, 2.05) is 6.08 Å². The van der Waals surface area contributed by atoms with Crippen LogP contribution in [-0.4, -0.2) is 11.2 Å². The molecule has 0 aromatic rings. The van der Waals surface area contributed by atoms with Crippen LogP contribution in [-0.2, 0) is 0 Å². The first-order chi connectivity index (χ1) is 8.22. The third kappa shape index (κ3) is 2.81.